The van der Waals surface area contributed by atoms with Crippen molar-refractivity contribution in [1.82, 2.24) is 4.31 Å². The Bertz CT molecular complexity index is 1660. The molecule has 1 heterocycles. The summed E-state index contributed by atoms with van der Waals surface area (Å²) in [5, 5.41) is 4.75. The zero-order valence-corrected chi connectivity index (χ0v) is 21.2. The van der Waals surface area contributed by atoms with Crippen LogP contribution >= 0.6 is 0 Å². The van der Waals surface area contributed by atoms with E-state index in [2.05, 4.69) is 72.8 Å². The zero-order valence-electron chi connectivity index (χ0n) is 20.3. The molecule has 5 aromatic carbocycles. The largest absolute Gasteiger partial charge is 0.243 e. The van der Waals surface area contributed by atoms with Gasteiger partial charge in [-0.3, -0.25) is 0 Å². The highest BCUT2D eigenvalue weighted by molar-refractivity contribution is 7.89. The van der Waals surface area contributed by atoms with Crippen LogP contribution < -0.4 is 0 Å². The Hall–Kier alpha value is -3.47. The van der Waals surface area contributed by atoms with Crippen molar-refractivity contribution in [2.75, 3.05) is 6.54 Å². The van der Waals surface area contributed by atoms with E-state index in [0.717, 1.165) is 34.7 Å². The first-order valence-corrected chi connectivity index (χ1v) is 14.0. The van der Waals surface area contributed by atoms with Gasteiger partial charge in [0.2, 0.25) is 10.0 Å². The van der Waals surface area contributed by atoms with Crippen LogP contribution in [0.1, 0.15) is 41.5 Å². The Balaban J connectivity index is 1.42. The van der Waals surface area contributed by atoms with Crippen LogP contribution in [0.3, 0.4) is 0 Å². The molecule has 1 unspecified atom stereocenters. The minimum absolute atomic E-state index is 0.230. The summed E-state index contributed by atoms with van der Waals surface area (Å²) in [4.78, 5) is 0.364. The van der Waals surface area contributed by atoms with Crippen molar-refractivity contribution >= 4 is 31.6 Å². The summed E-state index contributed by atoms with van der Waals surface area (Å²) in [6.45, 7) is 2.47. The normalized spacial score (nSPS) is 19.0. The van der Waals surface area contributed by atoms with Crippen LogP contribution in [-0.4, -0.2) is 19.3 Å². The van der Waals surface area contributed by atoms with Gasteiger partial charge in [0.05, 0.1) is 10.9 Å². The summed E-state index contributed by atoms with van der Waals surface area (Å²) >= 11 is 0. The molecule has 3 nitrogen and oxygen atoms in total. The van der Waals surface area contributed by atoms with Crippen molar-refractivity contribution in [3.05, 3.63) is 126 Å². The molecule has 6 rings (SSSR count). The van der Waals surface area contributed by atoms with Crippen LogP contribution in [0.5, 0.6) is 0 Å². The molecule has 2 atom stereocenters. The van der Waals surface area contributed by atoms with E-state index >= 15 is 0 Å². The number of aryl methyl sites for hydroxylation is 1. The number of sulfonamides is 1. The Kier molecular flexibility index (Phi) is 5.87. The van der Waals surface area contributed by atoms with Crippen molar-refractivity contribution < 1.29 is 8.42 Å². The highest BCUT2D eigenvalue weighted by Gasteiger charge is 2.38. The Morgan fingerprint density at radius 3 is 1.86 bits per heavy atom. The fraction of sp³-hybridized carbons (Fsp3) is 0.188. The molecule has 1 saturated heterocycles. The lowest BCUT2D eigenvalue weighted by molar-refractivity contribution is 0.234. The lowest BCUT2D eigenvalue weighted by atomic mass is 9.83. The molecule has 180 valence electrons. The number of nitrogens with zero attached hydrogens (tertiary/aromatic N) is 1. The fourth-order valence-electron chi connectivity index (χ4n) is 5.56. The first-order chi connectivity index (χ1) is 17.5. The third-order valence-electron chi connectivity index (χ3n) is 7.58. The maximum atomic E-state index is 13.9. The van der Waals surface area contributed by atoms with Crippen molar-refractivity contribution in [1.29, 1.82) is 0 Å². The van der Waals surface area contributed by atoms with Gasteiger partial charge in [-0.1, -0.05) is 96.6 Å². The zero-order chi connectivity index (χ0) is 24.7. The van der Waals surface area contributed by atoms with Crippen molar-refractivity contribution in [3.8, 4) is 0 Å². The second kappa shape index (κ2) is 9.20. The van der Waals surface area contributed by atoms with Gasteiger partial charge in [0.25, 0.3) is 0 Å². The maximum absolute atomic E-state index is 13.9. The minimum atomic E-state index is -3.64. The average Bonchev–Trinajstić information content (AvgIpc) is 2.92. The average molecular weight is 492 g/mol. The van der Waals surface area contributed by atoms with E-state index in [0.29, 0.717) is 11.4 Å². The Labute approximate surface area is 213 Å². The van der Waals surface area contributed by atoms with E-state index in [1.165, 1.54) is 16.3 Å². The van der Waals surface area contributed by atoms with Crippen molar-refractivity contribution in [2.45, 2.75) is 36.6 Å². The van der Waals surface area contributed by atoms with Gasteiger partial charge in [0.1, 0.15) is 0 Å². The summed E-state index contributed by atoms with van der Waals surface area (Å²) in [7, 11) is -3.64. The fourth-order valence-corrected chi connectivity index (χ4v) is 7.20. The van der Waals surface area contributed by atoms with Gasteiger partial charge >= 0.3 is 0 Å². The predicted molar refractivity (Wildman–Crippen MR) is 148 cm³/mol. The van der Waals surface area contributed by atoms with Crippen LogP contribution in [0.25, 0.3) is 21.5 Å². The summed E-state index contributed by atoms with van der Waals surface area (Å²) in [6, 6.07) is 36.7. The van der Waals surface area contributed by atoms with Crippen molar-refractivity contribution in [3.63, 3.8) is 0 Å². The number of rotatable bonds is 4. The maximum Gasteiger partial charge on any atom is 0.243 e. The second-order valence-corrected chi connectivity index (χ2v) is 11.8. The summed E-state index contributed by atoms with van der Waals surface area (Å²) in [6.07, 6.45) is 1.55. The Morgan fingerprint density at radius 1 is 0.667 bits per heavy atom. The molecule has 36 heavy (non-hydrogen) atoms. The molecule has 4 heteroatoms. The molecule has 1 aliphatic rings. The lowest BCUT2D eigenvalue weighted by Gasteiger charge is -2.39. The molecule has 0 radical (unpaired) electrons. The first-order valence-electron chi connectivity index (χ1n) is 12.5. The number of benzene rings is 5. The predicted octanol–water partition coefficient (Wildman–Crippen LogP) is 7.61. The topological polar surface area (TPSA) is 37.4 Å². The van der Waals surface area contributed by atoms with E-state index in [1.54, 1.807) is 16.4 Å². The van der Waals surface area contributed by atoms with E-state index < -0.39 is 10.0 Å². The molecule has 1 fully saturated rings. The van der Waals surface area contributed by atoms with Gasteiger partial charge in [-0.25, -0.2) is 8.42 Å². The van der Waals surface area contributed by atoms with Gasteiger partial charge in [0.15, 0.2) is 0 Å². The Morgan fingerprint density at radius 2 is 1.22 bits per heavy atom. The first kappa shape index (κ1) is 23.0. The molecule has 0 aromatic heterocycles. The van der Waals surface area contributed by atoms with Gasteiger partial charge in [-0.15, -0.1) is 0 Å². The van der Waals surface area contributed by atoms with Crippen LogP contribution in [0.15, 0.2) is 114 Å². The number of fused-ring (bicyclic) bond motifs is 2. The van der Waals surface area contributed by atoms with Crippen LogP contribution in [0.2, 0.25) is 0 Å². The molecule has 1 aliphatic heterocycles. The highest BCUT2D eigenvalue weighted by Crippen LogP contribution is 2.43. The summed E-state index contributed by atoms with van der Waals surface area (Å²) in [5.41, 5.74) is 3.39. The molecule has 0 amide bonds. The molecule has 0 bridgehead atoms. The molecule has 5 aromatic rings. The smallest absolute Gasteiger partial charge is 0.207 e. The highest BCUT2D eigenvalue weighted by atomic mass is 32.2. The molecule has 0 saturated carbocycles. The van der Waals surface area contributed by atoms with E-state index in [9.17, 15) is 8.42 Å². The number of hydrogen-bond donors (Lipinski definition) is 0. The van der Waals surface area contributed by atoms with Crippen LogP contribution in [0.4, 0.5) is 0 Å². The quantitative estimate of drug-likeness (QED) is 0.259. The van der Waals surface area contributed by atoms with Gasteiger partial charge < -0.3 is 0 Å². The standard InChI is InChI=1S/C32H29NO2S/c1-23-10-16-31(17-11-23)36(34,35)33-19-18-29(28-14-12-24-6-2-4-8-26(24)20-28)22-32(33)30-15-13-25-7-3-5-9-27(25)21-30/h2-17,20-21,29,32H,18-19,22H2,1H3/t29?,32-/m1/s1. The van der Waals surface area contributed by atoms with Gasteiger partial charge in [0, 0.05) is 6.54 Å². The van der Waals surface area contributed by atoms with Gasteiger partial charge in [-0.2, -0.15) is 4.31 Å². The number of piperidine rings is 1. The monoisotopic (exact) mass is 491 g/mol. The van der Waals surface area contributed by atoms with Crippen molar-refractivity contribution in [2.24, 2.45) is 0 Å². The number of hydrogen-bond acceptors (Lipinski definition) is 2. The van der Waals surface area contributed by atoms with Gasteiger partial charge in [-0.05, 0) is 76.6 Å². The van der Waals surface area contributed by atoms with Crippen LogP contribution in [-0.2, 0) is 10.0 Å². The second-order valence-electron chi connectivity index (χ2n) is 9.88. The minimum Gasteiger partial charge on any atom is -0.207 e. The molecule has 0 spiro atoms. The van der Waals surface area contributed by atoms with Crippen LogP contribution in [0, 0.1) is 6.92 Å². The summed E-state index contributed by atoms with van der Waals surface area (Å²) < 4.78 is 29.5. The summed E-state index contributed by atoms with van der Waals surface area (Å²) in [5.74, 6) is 0.288. The third-order valence-corrected chi connectivity index (χ3v) is 9.51. The third kappa shape index (κ3) is 4.21. The molecule has 0 N–H and O–H groups in total. The lowest BCUT2D eigenvalue weighted by Crippen LogP contribution is -2.40. The molecule has 0 aliphatic carbocycles. The molecular formula is C32H29NO2S. The molecular weight excluding hydrogens is 462 g/mol. The van der Waals surface area contributed by atoms with E-state index in [-0.39, 0.29) is 12.0 Å². The van der Waals surface area contributed by atoms with E-state index in [4.69, 9.17) is 0 Å². The van der Waals surface area contributed by atoms with E-state index in [1.807, 2.05) is 31.2 Å². The SMILES string of the molecule is Cc1ccc(S(=O)(=O)N2CCC(c3ccc4ccccc4c3)C[C@@H]2c2ccc3ccccc3c2)cc1.